The molecule has 2 rings (SSSR count). The molecular weight excluding hydrogens is 638 g/mol. The third kappa shape index (κ3) is 4.63. The van der Waals surface area contributed by atoms with E-state index in [0.29, 0.717) is 0 Å². The largest absolute Gasteiger partial charge is 0.418 e. The van der Waals surface area contributed by atoms with Crippen LogP contribution in [0.4, 0.5) is 43.9 Å². The molecule has 0 aliphatic heterocycles. The van der Waals surface area contributed by atoms with E-state index in [1.54, 1.807) is 0 Å². The molecule has 0 bridgehead atoms. The van der Waals surface area contributed by atoms with E-state index in [0.717, 1.165) is 0 Å². The summed E-state index contributed by atoms with van der Waals surface area (Å²) in [6, 6.07) is -1.82. The molecule has 2 aromatic rings. The topological polar surface area (TPSA) is 143 Å². The van der Waals surface area contributed by atoms with Gasteiger partial charge in [0.05, 0.1) is 14.7 Å². The van der Waals surface area contributed by atoms with Gasteiger partial charge in [-0.25, -0.2) is 25.6 Å². The van der Waals surface area contributed by atoms with Gasteiger partial charge < -0.3 is 4.55 Å². The molecule has 0 saturated carbocycles. The summed E-state index contributed by atoms with van der Waals surface area (Å²) in [5, 5.41) is -14.6. The fourth-order valence-electron chi connectivity index (χ4n) is 2.57. The Balaban J connectivity index is 2.75. The lowest BCUT2D eigenvalue weighted by atomic mass is 10.2. The molecule has 0 radical (unpaired) electrons. The minimum atomic E-state index is -7.81. The second kappa shape index (κ2) is 9.50. The van der Waals surface area contributed by atoms with Crippen molar-refractivity contribution in [2.75, 3.05) is 0 Å². The van der Waals surface area contributed by atoms with E-state index in [9.17, 15) is 69.2 Å². The van der Waals surface area contributed by atoms with Gasteiger partial charge in [0.25, 0.3) is 10.1 Å². The summed E-state index contributed by atoms with van der Waals surface area (Å²) in [5.74, 6) is -19.1. The van der Waals surface area contributed by atoms with Crippen molar-refractivity contribution in [2.24, 2.45) is 0 Å². The van der Waals surface area contributed by atoms with Crippen LogP contribution in [0, 0.1) is 11.6 Å². The predicted molar refractivity (Wildman–Crippen MR) is 105 cm³/mol. The highest BCUT2D eigenvalue weighted by molar-refractivity contribution is 7.94. The summed E-state index contributed by atoms with van der Waals surface area (Å²) in [4.78, 5) is -7.80. The summed E-state index contributed by atoms with van der Waals surface area (Å²) in [6.45, 7) is 0. The Bertz CT molecular complexity index is 1590. The van der Waals surface area contributed by atoms with Gasteiger partial charge in [-0.3, -0.25) is 4.55 Å². The standard InChI is InChI=1S/C16H8F10O8S4/c17-9-3-1-7(5-11(9)35-27)36(28,29)15(23,24)13(19,20)14(21,22)16(25,26)37(30,31)8-2-4-10(18)12(6-8)38(32,33)34/h1-6,27H,(H,32,33,34). The minimum Gasteiger partial charge on any atom is -0.325 e. The van der Waals surface area contributed by atoms with Crippen LogP contribution in [0.3, 0.4) is 0 Å². The van der Waals surface area contributed by atoms with Gasteiger partial charge in [-0.2, -0.15) is 43.5 Å². The smallest absolute Gasteiger partial charge is 0.325 e. The quantitative estimate of drug-likeness (QED) is 0.175. The van der Waals surface area contributed by atoms with Crippen molar-refractivity contribution in [3.63, 3.8) is 0 Å². The number of sulfone groups is 2. The first-order valence-electron chi connectivity index (χ1n) is 8.71. The number of halogens is 10. The highest BCUT2D eigenvalue weighted by atomic mass is 32.2. The lowest BCUT2D eigenvalue weighted by molar-refractivity contribution is -0.325. The maximum absolute atomic E-state index is 14.4. The number of rotatable bonds is 9. The third-order valence-electron chi connectivity index (χ3n) is 4.60. The molecule has 214 valence electrons. The SMILES string of the molecule is O=S(=O)(O)c1cc(S(=O)(=O)C(F)(F)C(F)(F)C(F)(F)C(F)(F)S(=O)(=O)c2ccc(F)c(SO)c2)ccc1F. The zero-order valence-electron chi connectivity index (χ0n) is 17.2. The van der Waals surface area contributed by atoms with Crippen molar-refractivity contribution < 1.29 is 78.3 Å². The molecule has 0 heterocycles. The van der Waals surface area contributed by atoms with Gasteiger partial charge in [-0.15, -0.1) is 0 Å². The molecule has 0 fully saturated rings. The lowest BCUT2D eigenvalue weighted by Gasteiger charge is -2.35. The van der Waals surface area contributed by atoms with Gasteiger partial charge >= 0.3 is 22.4 Å². The van der Waals surface area contributed by atoms with Gasteiger partial charge in [0.15, 0.2) is 0 Å². The first-order chi connectivity index (χ1) is 16.8. The van der Waals surface area contributed by atoms with Crippen LogP contribution < -0.4 is 0 Å². The van der Waals surface area contributed by atoms with Crippen LogP contribution in [0.2, 0.25) is 0 Å². The first kappa shape index (κ1) is 32.1. The van der Waals surface area contributed by atoms with Gasteiger partial charge in [0.2, 0.25) is 19.7 Å². The average Bonchev–Trinajstić information content (AvgIpc) is 2.77. The Morgan fingerprint density at radius 3 is 1.37 bits per heavy atom. The van der Waals surface area contributed by atoms with E-state index in [2.05, 4.69) is 0 Å². The molecule has 0 aliphatic rings. The highest BCUT2D eigenvalue weighted by Gasteiger charge is 2.87. The molecule has 0 spiro atoms. The van der Waals surface area contributed by atoms with Crippen molar-refractivity contribution >= 4 is 41.8 Å². The van der Waals surface area contributed by atoms with Crippen LogP contribution in [0.15, 0.2) is 56.0 Å². The molecule has 8 nitrogen and oxygen atoms in total. The fourth-order valence-corrected chi connectivity index (χ4v) is 6.21. The van der Waals surface area contributed by atoms with Crippen LogP contribution in [0.25, 0.3) is 0 Å². The predicted octanol–water partition coefficient (Wildman–Crippen LogP) is 4.48. The van der Waals surface area contributed by atoms with Crippen LogP contribution in [-0.2, 0) is 29.8 Å². The number of hydrogen-bond donors (Lipinski definition) is 2. The second-order valence-corrected chi connectivity index (χ2v) is 12.9. The van der Waals surface area contributed by atoms with Gasteiger partial charge in [0, 0.05) is 12.0 Å². The summed E-state index contributed by atoms with van der Waals surface area (Å²) in [5.41, 5.74) is 0. The van der Waals surface area contributed by atoms with Gasteiger partial charge in [-0.05, 0) is 36.4 Å². The third-order valence-corrected chi connectivity index (χ3v) is 9.59. The van der Waals surface area contributed by atoms with Crippen molar-refractivity contribution in [3.8, 4) is 0 Å². The molecule has 2 N–H and O–H groups in total. The van der Waals surface area contributed by atoms with E-state index in [1.165, 1.54) is 0 Å². The molecule has 2 aromatic carbocycles. The van der Waals surface area contributed by atoms with Crippen LogP contribution in [0.1, 0.15) is 0 Å². The number of benzene rings is 2. The minimum absolute atomic E-state index is 0.00179. The van der Waals surface area contributed by atoms with E-state index in [4.69, 9.17) is 9.11 Å². The Morgan fingerprint density at radius 1 is 0.632 bits per heavy atom. The number of alkyl halides is 8. The van der Waals surface area contributed by atoms with Gasteiger partial charge in [-0.1, -0.05) is 0 Å². The Kier molecular flexibility index (Phi) is 8.02. The Hall–Kier alpha value is -2.14. The zero-order chi connectivity index (χ0) is 29.9. The Labute approximate surface area is 210 Å². The maximum Gasteiger partial charge on any atom is 0.418 e. The maximum atomic E-state index is 14.4. The summed E-state index contributed by atoms with van der Waals surface area (Å²) in [6.07, 6.45) is 0. The molecule has 38 heavy (non-hydrogen) atoms. The highest BCUT2D eigenvalue weighted by Crippen LogP contribution is 2.57. The van der Waals surface area contributed by atoms with E-state index in [1.807, 2.05) is 0 Å². The summed E-state index contributed by atoms with van der Waals surface area (Å²) >= 11 is -0.648. The average molecular weight is 646 g/mol. The lowest BCUT2D eigenvalue weighted by Crippen LogP contribution is -2.66. The molecule has 0 aliphatic carbocycles. The van der Waals surface area contributed by atoms with Crippen molar-refractivity contribution in [2.45, 2.75) is 41.9 Å². The summed E-state index contributed by atoms with van der Waals surface area (Å²) in [7, 11) is -20.3. The fraction of sp³-hybridized carbons (Fsp3) is 0.250. The number of hydrogen-bond acceptors (Lipinski definition) is 8. The monoisotopic (exact) mass is 646 g/mol. The van der Waals surface area contributed by atoms with Crippen LogP contribution in [-0.4, -0.2) is 56.7 Å². The first-order valence-corrected chi connectivity index (χ1v) is 13.9. The summed E-state index contributed by atoms with van der Waals surface area (Å²) < 4.78 is 230. The Morgan fingerprint density at radius 2 is 1.00 bits per heavy atom. The molecule has 0 saturated heterocycles. The normalized spacial score (nSPS) is 14.5. The van der Waals surface area contributed by atoms with Gasteiger partial charge in [0.1, 0.15) is 16.5 Å². The van der Waals surface area contributed by atoms with Crippen molar-refractivity contribution in [3.05, 3.63) is 48.0 Å². The van der Waals surface area contributed by atoms with Crippen LogP contribution in [0.5, 0.6) is 0 Å². The van der Waals surface area contributed by atoms with E-state index < -0.39 is 101 Å². The molecule has 0 atom stereocenters. The van der Waals surface area contributed by atoms with Crippen molar-refractivity contribution in [1.29, 1.82) is 0 Å². The molecule has 0 amide bonds. The molecule has 0 aromatic heterocycles. The zero-order valence-corrected chi connectivity index (χ0v) is 20.5. The van der Waals surface area contributed by atoms with E-state index >= 15 is 0 Å². The second-order valence-electron chi connectivity index (χ2n) is 6.94. The van der Waals surface area contributed by atoms with Crippen molar-refractivity contribution in [1.82, 2.24) is 0 Å². The van der Waals surface area contributed by atoms with Crippen LogP contribution >= 0.6 is 12.0 Å². The molecular formula is C16H8F10O8S4. The molecule has 22 heteroatoms. The van der Waals surface area contributed by atoms with E-state index in [-0.39, 0.29) is 30.3 Å². The molecule has 0 unspecified atom stereocenters.